The van der Waals surface area contributed by atoms with Crippen LogP contribution in [-0.4, -0.2) is 82.9 Å². The van der Waals surface area contributed by atoms with Crippen LogP contribution in [0.4, 0.5) is 0 Å². The molecule has 1 unspecified atom stereocenters. The number of thioether (sulfide) groups is 1. The molecule has 7 fully saturated rings. The van der Waals surface area contributed by atoms with E-state index in [-0.39, 0.29) is 23.9 Å². The Labute approximate surface area is 340 Å². The number of carbonyl (C=O) groups excluding carboxylic acids is 2. The van der Waals surface area contributed by atoms with Crippen molar-refractivity contribution in [3.8, 4) is 11.5 Å². The van der Waals surface area contributed by atoms with Crippen LogP contribution in [0.25, 0.3) is 0 Å². The second kappa shape index (κ2) is 15.1. The lowest BCUT2D eigenvalue weighted by atomic mass is 9.49. The number of amides is 2. The number of carbonyl (C=O) groups is 2. The molecule has 5 aliphatic carbocycles. The molecule has 2 saturated heterocycles. The minimum absolute atomic E-state index is 0.105. The molecule has 10 rings (SSSR count). The average Bonchev–Trinajstić information content (AvgIpc) is 3.53. The molecule has 1 aromatic heterocycles. The number of fused-ring (bicyclic) bond motifs is 1. The minimum atomic E-state index is -0.857. The summed E-state index contributed by atoms with van der Waals surface area (Å²) in [5.41, 5.74) is 2.53. The molecule has 56 heavy (non-hydrogen) atoms. The van der Waals surface area contributed by atoms with E-state index in [9.17, 15) is 14.4 Å². The normalized spacial score (nSPS) is 32.8. The van der Waals surface area contributed by atoms with Gasteiger partial charge in [-0.1, -0.05) is 11.6 Å². The van der Waals surface area contributed by atoms with Crippen LogP contribution in [-0.2, 0) is 11.3 Å². The highest BCUT2D eigenvalue weighted by Crippen LogP contribution is 2.61. The number of benzene rings is 1. The van der Waals surface area contributed by atoms with E-state index in [1.165, 1.54) is 50.3 Å². The maximum atomic E-state index is 13.5. The van der Waals surface area contributed by atoms with Gasteiger partial charge in [-0.15, -0.1) is 11.8 Å². The van der Waals surface area contributed by atoms with E-state index in [1.54, 1.807) is 6.07 Å². The zero-order valence-electron chi connectivity index (χ0n) is 33.6. The third-order valence-electron chi connectivity index (χ3n) is 15.0. The SMILES string of the molecule is CSc1cc(C)[nH]c(=O)c1CNC(=O)c1cc(Cl)c2c(c1C)OC(C)(C1CCC(N3CC(NC4CCN(C(=O)CC56CC7CC(CC(C7)C5)C6)CC4)C3)CC1)O2. The van der Waals surface area contributed by atoms with Gasteiger partial charge in [0.2, 0.25) is 5.91 Å². The fraction of sp³-hybridized carbons (Fsp3) is 0.705. The van der Waals surface area contributed by atoms with Crippen LogP contribution in [0.2, 0.25) is 5.02 Å². The number of hydrogen-bond acceptors (Lipinski definition) is 8. The van der Waals surface area contributed by atoms with Crippen molar-refractivity contribution in [2.45, 2.75) is 140 Å². The molecule has 4 heterocycles. The molecule has 5 saturated carbocycles. The lowest BCUT2D eigenvalue weighted by Crippen LogP contribution is -2.64. The van der Waals surface area contributed by atoms with Crippen LogP contribution in [0.3, 0.4) is 0 Å². The van der Waals surface area contributed by atoms with Gasteiger partial charge in [0.05, 0.1) is 5.02 Å². The molecule has 4 bridgehead atoms. The molecule has 2 amide bonds. The number of likely N-dealkylation sites (tertiary alicyclic amines) is 2. The van der Waals surface area contributed by atoms with Crippen LogP contribution < -0.4 is 25.7 Å². The summed E-state index contributed by atoms with van der Waals surface area (Å²) >= 11 is 8.23. The monoisotopic (exact) mass is 805 g/mol. The van der Waals surface area contributed by atoms with E-state index in [0.29, 0.717) is 62.7 Å². The summed E-state index contributed by atoms with van der Waals surface area (Å²) in [6, 6.07) is 5.16. The second-order valence-corrected chi connectivity index (χ2v) is 20.2. The van der Waals surface area contributed by atoms with Gasteiger partial charge in [-0.25, -0.2) is 0 Å². The molecule has 12 heteroatoms. The van der Waals surface area contributed by atoms with Crippen molar-refractivity contribution in [3.63, 3.8) is 0 Å². The van der Waals surface area contributed by atoms with E-state index in [1.807, 2.05) is 33.1 Å². The largest absolute Gasteiger partial charge is 0.448 e. The van der Waals surface area contributed by atoms with Crippen molar-refractivity contribution < 1.29 is 19.1 Å². The van der Waals surface area contributed by atoms with Crippen LogP contribution in [0.5, 0.6) is 11.5 Å². The summed E-state index contributed by atoms with van der Waals surface area (Å²) < 4.78 is 13.1. The first kappa shape index (κ1) is 38.8. The van der Waals surface area contributed by atoms with Crippen LogP contribution >= 0.6 is 23.4 Å². The predicted molar refractivity (Wildman–Crippen MR) is 220 cm³/mol. The maximum Gasteiger partial charge on any atom is 0.254 e. The molecular weight excluding hydrogens is 746 g/mol. The fourth-order valence-corrected chi connectivity index (χ4v) is 13.4. The van der Waals surface area contributed by atoms with E-state index in [2.05, 4.69) is 25.4 Å². The number of halogens is 1. The Morgan fingerprint density at radius 3 is 2.21 bits per heavy atom. The van der Waals surface area contributed by atoms with E-state index < -0.39 is 5.79 Å². The number of nitrogens with zero attached hydrogens (tertiary/aromatic N) is 2. The highest BCUT2D eigenvalue weighted by atomic mass is 35.5. The van der Waals surface area contributed by atoms with Crippen molar-refractivity contribution in [1.29, 1.82) is 0 Å². The van der Waals surface area contributed by atoms with Gasteiger partial charge in [0.25, 0.3) is 17.3 Å². The van der Waals surface area contributed by atoms with Crippen molar-refractivity contribution in [2.75, 3.05) is 32.4 Å². The van der Waals surface area contributed by atoms with Gasteiger partial charge < -0.3 is 30.0 Å². The molecule has 3 N–H and O–H groups in total. The molecule has 0 radical (unpaired) electrons. The van der Waals surface area contributed by atoms with Gasteiger partial charge in [-0.3, -0.25) is 19.3 Å². The van der Waals surface area contributed by atoms with Gasteiger partial charge in [-0.2, -0.15) is 0 Å². The Kier molecular flexibility index (Phi) is 10.5. The Morgan fingerprint density at radius 2 is 1.57 bits per heavy atom. The molecule has 3 aliphatic heterocycles. The lowest BCUT2D eigenvalue weighted by Gasteiger charge is -2.57. The zero-order valence-corrected chi connectivity index (χ0v) is 35.2. The van der Waals surface area contributed by atoms with Gasteiger partial charge in [0.15, 0.2) is 11.5 Å². The molecule has 8 aliphatic rings. The number of piperidine rings is 1. The summed E-state index contributed by atoms with van der Waals surface area (Å²) in [6.07, 6.45) is 17.3. The standard InChI is InChI=1S/C44H60ClN5O5S/c1-25-13-37(56-4)35(42(53)47-25)22-46-41(52)34-17-36(45)40-39(26(34)2)54-43(3,55-40)30-5-7-33(8-6-30)50-23-32(24-50)48-31-9-11-49(12-10-31)38(51)21-44-18-27-14-28(19-44)16-29(15-27)20-44/h13,17,27-33,48H,5-12,14-16,18-24H2,1-4H3,(H,46,52)(H,47,53). The Bertz CT molecular complexity index is 1880. The first-order valence-corrected chi connectivity index (χ1v) is 23.0. The van der Waals surface area contributed by atoms with Crippen molar-refractivity contribution in [1.82, 2.24) is 25.4 Å². The number of pyridine rings is 1. The molecular formula is C44H60ClN5O5S. The van der Waals surface area contributed by atoms with Crippen LogP contribution in [0.1, 0.15) is 118 Å². The first-order chi connectivity index (χ1) is 26.9. The number of aryl methyl sites for hydroxylation is 1. The Balaban J connectivity index is 0.721. The first-order valence-electron chi connectivity index (χ1n) is 21.4. The summed E-state index contributed by atoms with van der Waals surface area (Å²) in [7, 11) is 0. The maximum absolute atomic E-state index is 13.5. The molecule has 0 spiro atoms. The van der Waals surface area contributed by atoms with E-state index in [0.717, 1.165) is 99.5 Å². The van der Waals surface area contributed by atoms with Gasteiger partial charge >= 0.3 is 0 Å². The smallest absolute Gasteiger partial charge is 0.254 e. The van der Waals surface area contributed by atoms with Crippen LogP contribution in [0.15, 0.2) is 21.8 Å². The third-order valence-corrected chi connectivity index (χ3v) is 16.1. The predicted octanol–water partition coefficient (Wildman–Crippen LogP) is 7.21. The Hall–Kier alpha value is -2.73. The highest BCUT2D eigenvalue weighted by Gasteiger charge is 2.52. The number of aromatic amines is 1. The molecule has 1 aromatic carbocycles. The molecule has 1 atom stereocenters. The number of H-pyrrole nitrogens is 1. The summed E-state index contributed by atoms with van der Waals surface area (Å²) in [4.78, 5) is 48.1. The number of hydrogen-bond donors (Lipinski definition) is 3. The summed E-state index contributed by atoms with van der Waals surface area (Å²) in [5.74, 6) is 3.19. The highest BCUT2D eigenvalue weighted by molar-refractivity contribution is 7.98. The van der Waals surface area contributed by atoms with Crippen LogP contribution in [0, 0.1) is 42.9 Å². The summed E-state index contributed by atoms with van der Waals surface area (Å²) in [6.45, 7) is 9.82. The second-order valence-electron chi connectivity index (χ2n) is 19.0. The number of ether oxygens (including phenoxy) is 2. The topological polar surface area (TPSA) is 116 Å². The number of rotatable bonds is 10. The van der Waals surface area contributed by atoms with E-state index >= 15 is 0 Å². The molecule has 10 nitrogen and oxygen atoms in total. The van der Waals surface area contributed by atoms with Crippen molar-refractivity contribution in [2.24, 2.45) is 29.1 Å². The zero-order chi connectivity index (χ0) is 38.9. The molecule has 304 valence electrons. The Morgan fingerprint density at radius 1 is 0.929 bits per heavy atom. The lowest BCUT2D eigenvalue weighted by molar-refractivity contribution is -0.140. The average molecular weight is 807 g/mol. The van der Waals surface area contributed by atoms with Gasteiger partial charge in [-0.05, 0) is 132 Å². The summed E-state index contributed by atoms with van der Waals surface area (Å²) in [5, 5.41) is 7.22. The number of nitrogens with one attached hydrogen (secondary N) is 3. The minimum Gasteiger partial charge on any atom is -0.448 e. The third kappa shape index (κ3) is 7.41. The quantitative estimate of drug-likeness (QED) is 0.216. The fourth-order valence-electron chi connectivity index (χ4n) is 12.5. The van der Waals surface area contributed by atoms with Crippen molar-refractivity contribution >= 4 is 35.2 Å². The van der Waals surface area contributed by atoms with Gasteiger partial charge in [0, 0.05) is 97.4 Å². The van der Waals surface area contributed by atoms with Crippen molar-refractivity contribution in [3.05, 3.63) is 49.9 Å². The molecule has 2 aromatic rings. The van der Waals surface area contributed by atoms with Gasteiger partial charge in [0.1, 0.15) is 0 Å². The van der Waals surface area contributed by atoms with E-state index in [4.69, 9.17) is 21.1 Å². The number of aromatic nitrogens is 1.